The minimum atomic E-state index is -0.294. The molecular weight excluding hydrogens is 406 g/mol. The van der Waals surface area contributed by atoms with Crippen LogP contribution in [0.25, 0.3) is 11.3 Å². The first kappa shape index (κ1) is 17.7. The molecule has 6 heteroatoms. The van der Waals surface area contributed by atoms with Gasteiger partial charge >= 0.3 is 0 Å². The first-order valence-electron chi connectivity index (χ1n) is 8.81. The van der Waals surface area contributed by atoms with Gasteiger partial charge in [-0.15, -0.1) is 0 Å². The number of benzene rings is 2. The summed E-state index contributed by atoms with van der Waals surface area (Å²) in [7, 11) is 0. The molecule has 1 amide bonds. The van der Waals surface area contributed by atoms with Crippen LogP contribution in [0.15, 0.2) is 69.9 Å². The van der Waals surface area contributed by atoms with E-state index in [1.165, 1.54) is 16.3 Å². The quantitative estimate of drug-likeness (QED) is 0.698. The molecule has 136 valence electrons. The summed E-state index contributed by atoms with van der Waals surface area (Å²) in [6.07, 6.45) is 1.84. The molecule has 1 aromatic heterocycles. The lowest BCUT2D eigenvalue weighted by Gasteiger charge is -2.14. The molecule has 1 aliphatic rings. The number of aryl methyl sites for hydroxylation is 1. The Hall–Kier alpha value is -2.73. The van der Waals surface area contributed by atoms with E-state index in [0.29, 0.717) is 5.69 Å². The number of rotatable bonds is 4. The van der Waals surface area contributed by atoms with Gasteiger partial charge in [0.1, 0.15) is 6.54 Å². The predicted octanol–water partition coefficient (Wildman–Crippen LogP) is 3.48. The second-order valence-electron chi connectivity index (χ2n) is 6.58. The fourth-order valence-corrected chi connectivity index (χ4v) is 3.68. The van der Waals surface area contributed by atoms with E-state index in [1.807, 2.05) is 42.5 Å². The zero-order chi connectivity index (χ0) is 18.8. The highest BCUT2D eigenvalue weighted by molar-refractivity contribution is 9.10. The van der Waals surface area contributed by atoms with Gasteiger partial charge in [0.05, 0.1) is 11.7 Å². The molecule has 1 heterocycles. The number of carbonyl (C=O) groups is 1. The molecule has 0 radical (unpaired) electrons. The Bertz CT molecular complexity index is 1040. The summed E-state index contributed by atoms with van der Waals surface area (Å²) in [5.74, 6) is -0.209. The van der Waals surface area contributed by atoms with Gasteiger partial charge in [-0.2, -0.15) is 5.10 Å². The molecule has 0 bridgehead atoms. The monoisotopic (exact) mass is 423 g/mol. The van der Waals surface area contributed by atoms with E-state index in [0.717, 1.165) is 28.4 Å². The number of amides is 1. The van der Waals surface area contributed by atoms with Gasteiger partial charge in [-0.25, -0.2) is 4.68 Å². The second-order valence-corrected chi connectivity index (χ2v) is 7.49. The molecule has 0 fully saturated rings. The van der Waals surface area contributed by atoms with E-state index in [4.69, 9.17) is 0 Å². The molecule has 0 saturated carbocycles. The first-order valence-corrected chi connectivity index (χ1v) is 9.61. The number of halogens is 1. The summed E-state index contributed by atoms with van der Waals surface area (Å²) in [6, 6.07) is 18.9. The number of hydrogen-bond acceptors (Lipinski definition) is 3. The van der Waals surface area contributed by atoms with E-state index in [1.54, 1.807) is 6.07 Å². The molecule has 1 unspecified atom stereocenters. The molecule has 0 spiro atoms. The van der Waals surface area contributed by atoms with Gasteiger partial charge in [0, 0.05) is 16.1 Å². The zero-order valence-corrected chi connectivity index (χ0v) is 16.1. The van der Waals surface area contributed by atoms with Gasteiger partial charge in [-0.1, -0.05) is 52.3 Å². The largest absolute Gasteiger partial charge is 0.348 e. The first-order chi connectivity index (χ1) is 13.1. The highest BCUT2D eigenvalue weighted by Gasteiger charge is 2.23. The van der Waals surface area contributed by atoms with Gasteiger partial charge in [0.25, 0.3) is 5.56 Å². The summed E-state index contributed by atoms with van der Waals surface area (Å²) >= 11 is 3.40. The van der Waals surface area contributed by atoms with Crippen molar-refractivity contribution in [1.29, 1.82) is 0 Å². The summed E-state index contributed by atoms with van der Waals surface area (Å²) in [6.45, 7) is -0.0954. The average molecular weight is 424 g/mol. The Balaban J connectivity index is 1.51. The minimum Gasteiger partial charge on any atom is -0.348 e. The van der Waals surface area contributed by atoms with Crippen LogP contribution in [-0.4, -0.2) is 15.7 Å². The van der Waals surface area contributed by atoms with Gasteiger partial charge in [-0.05, 0) is 42.2 Å². The van der Waals surface area contributed by atoms with Crippen LogP contribution >= 0.6 is 15.9 Å². The fraction of sp³-hybridized carbons (Fsp3) is 0.190. The third-order valence-electron chi connectivity index (χ3n) is 4.77. The Labute approximate surface area is 165 Å². The van der Waals surface area contributed by atoms with Crippen molar-refractivity contribution in [1.82, 2.24) is 15.1 Å². The van der Waals surface area contributed by atoms with Crippen molar-refractivity contribution in [2.75, 3.05) is 0 Å². The average Bonchev–Trinajstić information content (AvgIpc) is 3.07. The summed E-state index contributed by atoms with van der Waals surface area (Å²) in [4.78, 5) is 24.6. The van der Waals surface area contributed by atoms with Crippen molar-refractivity contribution in [3.63, 3.8) is 0 Å². The van der Waals surface area contributed by atoms with Crippen LogP contribution in [0.5, 0.6) is 0 Å². The standard InChI is InChI=1S/C21H18BrN3O2/c22-16-8-5-15(6-9-16)18-11-12-21(27)25(24-18)13-20(26)23-19-10-7-14-3-1-2-4-17(14)19/h1-6,8-9,11-12,19H,7,10,13H2,(H,23,26). The summed E-state index contributed by atoms with van der Waals surface area (Å²) < 4.78 is 2.18. The van der Waals surface area contributed by atoms with Crippen LogP contribution in [0.4, 0.5) is 0 Å². The fourth-order valence-electron chi connectivity index (χ4n) is 3.42. The van der Waals surface area contributed by atoms with E-state index < -0.39 is 0 Å². The molecule has 1 N–H and O–H groups in total. The minimum absolute atomic E-state index is 0.000872. The van der Waals surface area contributed by atoms with E-state index in [-0.39, 0.29) is 24.1 Å². The van der Waals surface area contributed by atoms with Crippen LogP contribution in [0.1, 0.15) is 23.6 Å². The maximum absolute atomic E-state index is 12.5. The molecule has 1 aliphatic carbocycles. The normalized spacial score (nSPS) is 15.4. The third kappa shape index (κ3) is 3.85. The topological polar surface area (TPSA) is 64.0 Å². The van der Waals surface area contributed by atoms with E-state index in [9.17, 15) is 9.59 Å². The Morgan fingerprint density at radius 1 is 1.11 bits per heavy atom. The predicted molar refractivity (Wildman–Crippen MR) is 107 cm³/mol. The number of nitrogens with zero attached hydrogens (tertiary/aromatic N) is 2. The molecule has 27 heavy (non-hydrogen) atoms. The van der Waals surface area contributed by atoms with Crippen molar-refractivity contribution in [3.8, 4) is 11.3 Å². The Kier molecular flexibility index (Phi) is 4.90. The van der Waals surface area contributed by atoms with Crippen LogP contribution in [0.3, 0.4) is 0 Å². The maximum Gasteiger partial charge on any atom is 0.267 e. The van der Waals surface area contributed by atoms with Crippen molar-refractivity contribution in [2.24, 2.45) is 0 Å². The Morgan fingerprint density at radius 2 is 1.89 bits per heavy atom. The number of hydrogen-bond donors (Lipinski definition) is 1. The van der Waals surface area contributed by atoms with Crippen LogP contribution in [0, 0.1) is 0 Å². The van der Waals surface area contributed by atoms with Crippen LogP contribution in [-0.2, 0) is 17.8 Å². The van der Waals surface area contributed by atoms with Crippen molar-refractivity contribution < 1.29 is 4.79 Å². The number of fused-ring (bicyclic) bond motifs is 1. The highest BCUT2D eigenvalue weighted by atomic mass is 79.9. The van der Waals surface area contributed by atoms with Gasteiger partial charge in [-0.3, -0.25) is 9.59 Å². The molecule has 4 rings (SSSR count). The number of aromatic nitrogens is 2. The zero-order valence-electron chi connectivity index (χ0n) is 14.6. The number of nitrogens with one attached hydrogen (secondary N) is 1. The maximum atomic E-state index is 12.5. The van der Waals surface area contributed by atoms with Crippen molar-refractivity contribution in [2.45, 2.75) is 25.4 Å². The van der Waals surface area contributed by atoms with Gasteiger partial charge in [0.15, 0.2) is 0 Å². The lowest BCUT2D eigenvalue weighted by atomic mass is 10.1. The SMILES string of the molecule is O=C(Cn1nc(-c2ccc(Br)cc2)ccc1=O)NC1CCc2ccccc21. The second kappa shape index (κ2) is 7.48. The van der Waals surface area contributed by atoms with E-state index >= 15 is 0 Å². The van der Waals surface area contributed by atoms with Gasteiger partial charge in [0.2, 0.25) is 5.91 Å². The van der Waals surface area contributed by atoms with E-state index in [2.05, 4.69) is 32.4 Å². The lowest BCUT2D eigenvalue weighted by Crippen LogP contribution is -2.35. The number of carbonyl (C=O) groups excluding carboxylic acids is 1. The molecule has 5 nitrogen and oxygen atoms in total. The van der Waals surface area contributed by atoms with Gasteiger partial charge < -0.3 is 5.32 Å². The smallest absolute Gasteiger partial charge is 0.267 e. The molecule has 0 saturated heterocycles. The van der Waals surface area contributed by atoms with Crippen LogP contribution in [0.2, 0.25) is 0 Å². The van der Waals surface area contributed by atoms with Crippen molar-refractivity contribution >= 4 is 21.8 Å². The summed E-state index contributed by atoms with van der Waals surface area (Å²) in [5, 5.41) is 7.39. The Morgan fingerprint density at radius 3 is 2.70 bits per heavy atom. The third-order valence-corrected chi connectivity index (χ3v) is 5.30. The molecule has 1 atom stereocenters. The molecule has 3 aromatic rings. The molecule has 0 aliphatic heterocycles. The van der Waals surface area contributed by atoms with Crippen LogP contribution < -0.4 is 10.9 Å². The lowest BCUT2D eigenvalue weighted by molar-refractivity contribution is -0.122. The molecule has 2 aromatic carbocycles. The highest BCUT2D eigenvalue weighted by Crippen LogP contribution is 2.30. The van der Waals surface area contributed by atoms with Crippen molar-refractivity contribution in [3.05, 3.63) is 86.6 Å². The summed E-state index contributed by atoms with van der Waals surface area (Å²) in [5.41, 5.74) is 3.68. The molecular formula is C21H18BrN3O2.